The summed E-state index contributed by atoms with van der Waals surface area (Å²) in [5, 5.41) is 57.5. The molecule has 0 aromatic carbocycles. The van der Waals surface area contributed by atoms with Gasteiger partial charge in [0.05, 0.1) is 66.4 Å². The fourth-order valence-electron chi connectivity index (χ4n) is 3.69. The predicted molar refractivity (Wildman–Crippen MR) is 194 cm³/mol. The minimum Gasteiger partial charge on any atom is -0.449 e. The number of nitrogens with one attached hydrogen (secondary N) is 5. The van der Waals surface area contributed by atoms with Crippen LogP contribution in [0.4, 0.5) is 41.8 Å². The van der Waals surface area contributed by atoms with Crippen LogP contribution >= 0.6 is 0 Å². The number of alkyl carbamates (subject to hydrolysis) is 5. The molecule has 0 unspecified atom stereocenters. The lowest BCUT2D eigenvalue weighted by atomic mass is 10.5. The average molecular weight is 826 g/mol. The number of aliphatic hydroxyl groups is 5. The number of aromatic nitrogens is 3. The standard InChI is InChI=1S/C30H55N11O16/c1-52-22-41(21-35-30(51)57-16-6-11-46)25-37-23(39(17-31-26(47)53-12-2-7-42)18-32-27(48)54-13-3-8-43)36-24(38-25)40(19-33-28(49)55-14-4-9-44)20-34-29(50)56-15-5-10-45/h42-46H,2-22H2,1H3,(H,31,47)(H,32,48)(H,33,49)(H,34,50)(H,35,51). The second-order valence-electron chi connectivity index (χ2n) is 11.0. The van der Waals surface area contributed by atoms with Crippen molar-refractivity contribution >= 4 is 48.3 Å². The van der Waals surface area contributed by atoms with E-state index in [1.165, 1.54) is 21.8 Å². The largest absolute Gasteiger partial charge is 0.449 e. The molecule has 0 aliphatic heterocycles. The number of anilines is 3. The molecule has 0 saturated carbocycles. The molecule has 0 atom stereocenters. The Balaban J connectivity index is 3.72. The summed E-state index contributed by atoms with van der Waals surface area (Å²) in [7, 11) is 1.34. The first kappa shape index (κ1) is 49.5. The van der Waals surface area contributed by atoms with E-state index in [-0.39, 0.29) is 129 Å². The van der Waals surface area contributed by atoms with E-state index in [1.807, 2.05) is 0 Å². The Hall–Kier alpha value is -5.48. The fraction of sp³-hybridized carbons (Fsp3) is 0.733. The molecule has 10 N–H and O–H groups in total. The maximum Gasteiger partial charge on any atom is 0.408 e. The molecule has 1 aromatic rings. The van der Waals surface area contributed by atoms with E-state index >= 15 is 0 Å². The predicted octanol–water partition coefficient (Wildman–Crippen LogP) is -2.77. The minimum absolute atomic E-state index is 0.0771. The quantitative estimate of drug-likeness (QED) is 0.0213. The van der Waals surface area contributed by atoms with Crippen molar-refractivity contribution in [2.45, 2.75) is 32.1 Å². The molecule has 27 nitrogen and oxygen atoms in total. The Labute approximate surface area is 327 Å². The van der Waals surface area contributed by atoms with Gasteiger partial charge < -0.3 is 90.3 Å². The molecule has 1 aromatic heterocycles. The van der Waals surface area contributed by atoms with Gasteiger partial charge in [0.2, 0.25) is 17.8 Å². The van der Waals surface area contributed by atoms with Crippen LogP contribution in [-0.4, -0.2) is 184 Å². The monoisotopic (exact) mass is 825 g/mol. The van der Waals surface area contributed by atoms with Crippen molar-refractivity contribution in [1.29, 1.82) is 0 Å². The van der Waals surface area contributed by atoms with Crippen molar-refractivity contribution in [1.82, 2.24) is 41.5 Å². The van der Waals surface area contributed by atoms with Gasteiger partial charge in [0.1, 0.15) is 6.73 Å². The smallest absolute Gasteiger partial charge is 0.408 e. The van der Waals surface area contributed by atoms with Gasteiger partial charge in [-0.15, -0.1) is 0 Å². The van der Waals surface area contributed by atoms with Crippen molar-refractivity contribution in [3.63, 3.8) is 0 Å². The Morgan fingerprint density at radius 2 is 0.667 bits per heavy atom. The molecular formula is C30H55N11O16. The van der Waals surface area contributed by atoms with E-state index < -0.39 is 57.1 Å². The van der Waals surface area contributed by atoms with Gasteiger partial charge in [-0.05, 0) is 0 Å². The summed E-state index contributed by atoms with van der Waals surface area (Å²) in [5.74, 6) is -0.711. The molecule has 0 bridgehead atoms. The van der Waals surface area contributed by atoms with Crippen LogP contribution in [0.5, 0.6) is 0 Å². The molecule has 1 heterocycles. The second kappa shape index (κ2) is 31.7. The lowest BCUT2D eigenvalue weighted by molar-refractivity contribution is 0.132. The highest BCUT2D eigenvalue weighted by Crippen LogP contribution is 2.19. The third-order valence-electron chi connectivity index (χ3n) is 6.48. The van der Waals surface area contributed by atoms with Gasteiger partial charge in [0, 0.05) is 72.2 Å². The van der Waals surface area contributed by atoms with Crippen LogP contribution in [0.3, 0.4) is 0 Å². The van der Waals surface area contributed by atoms with Crippen molar-refractivity contribution in [2.24, 2.45) is 0 Å². The fourth-order valence-corrected chi connectivity index (χ4v) is 3.69. The highest BCUT2D eigenvalue weighted by Gasteiger charge is 2.23. The van der Waals surface area contributed by atoms with Crippen molar-refractivity contribution < 1.29 is 77.9 Å². The highest BCUT2D eigenvalue weighted by molar-refractivity contribution is 5.70. The first-order valence-electron chi connectivity index (χ1n) is 17.7. The van der Waals surface area contributed by atoms with E-state index in [2.05, 4.69) is 41.5 Å². The zero-order valence-electron chi connectivity index (χ0n) is 31.8. The van der Waals surface area contributed by atoms with E-state index in [0.29, 0.717) is 0 Å². The zero-order chi connectivity index (χ0) is 42.1. The number of ether oxygens (including phenoxy) is 6. The van der Waals surface area contributed by atoms with E-state index in [9.17, 15) is 24.0 Å². The van der Waals surface area contributed by atoms with Crippen LogP contribution in [0.25, 0.3) is 0 Å². The summed E-state index contributed by atoms with van der Waals surface area (Å²) < 4.78 is 30.4. The molecule has 0 radical (unpaired) electrons. The van der Waals surface area contributed by atoms with E-state index in [1.54, 1.807) is 0 Å². The number of carbonyl (C=O) groups excluding carboxylic acids is 5. The van der Waals surface area contributed by atoms with Gasteiger partial charge in [-0.2, -0.15) is 15.0 Å². The second-order valence-corrected chi connectivity index (χ2v) is 11.0. The lowest BCUT2D eigenvalue weighted by Gasteiger charge is -2.29. The average Bonchev–Trinajstić information content (AvgIpc) is 3.19. The third-order valence-corrected chi connectivity index (χ3v) is 6.48. The van der Waals surface area contributed by atoms with Gasteiger partial charge in [0.15, 0.2) is 0 Å². The van der Waals surface area contributed by atoms with Crippen LogP contribution in [-0.2, 0) is 28.4 Å². The number of nitrogens with zero attached hydrogens (tertiary/aromatic N) is 6. The summed E-state index contributed by atoms with van der Waals surface area (Å²) in [5.41, 5.74) is 0. The molecule has 0 fully saturated rings. The molecule has 5 amide bonds. The van der Waals surface area contributed by atoms with Crippen molar-refractivity contribution in [3.8, 4) is 0 Å². The zero-order valence-corrected chi connectivity index (χ0v) is 31.8. The van der Waals surface area contributed by atoms with Gasteiger partial charge in [0.25, 0.3) is 0 Å². The lowest BCUT2D eigenvalue weighted by Crippen LogP contribution is -2.47. The van der Waals surface area contributed by atoms with Crippen LogP contribution in [0, 0.1) is 0 Å². The Morgan fingerprint density at radius 1 is 0.439 bits per heavy atom. The van der Waals surface area contributed by atoms with Crippen LogP contribution in [0.1, 0.15) is 32.1 Å². The third kappa shape index (κ3) is 23.3. The first-order valence-corrected chi connectivity index (χ1v) is 17.7. The maximum atomic E-state index is 12.5. The number of hydrogen-bond acceptors (Lipinski definition) is 22. The molecule has 0 aliphatic rings. The van der Waals surface area contributed by atoms with Gasteiger partial charge in [-0.3, -0.25) is 4.90 Å². The summed E-state index contributed by atoms with van der Waals surface area (Å²) in [6, 6.07) is 0. The molecule has 1 rings (SSSR count). The first-order chi connectivity index (χ1) is 27.6. The number of methoxy groups -OCH3 is 1. The highest BCUT2D eigenvalue weighted by atomic mass is 16.6. The molecular weight excluding hydrogens is 770 g/mol. The maximum absolute atomic E-state index is 12.5. The Morgan fingerprint density at radius 3 is 0.895 bits per heavy atom. The number of aliphatic hydroxyl groups excluding tert-OH is 5. The SMILES string of the molecule is COCN(CNC(=O)OCCCO)c1nc(N(CNC(=O)OCCCO)CNC(=O)OCCCO)nc(N(CNC(=O)OCCCO)CNC(=O)OCCCO)n1. The number of rotatable bonds is 30. The Kier molecular flexibility index (Phi) is 27.5. The number of hydrogen-bond donors (Lipinski definition) is 10. The number of amides is 5. The number of carbonyl (C=O) groups is 5. The minimum atomic E-state index is -0.909. The molecule has 57 heavy (non-hydrogen) atoms. The summed E-state index contributed by atoms with van der Waals surface area (Å²) in [4.78, 5) is 79.4. The van der Waals surface area contributed by atoms with Gasteiger partial charge in [-0.25, -0.2) is 24.0 Å². The van der Waals surface area contributed by atoms with E-state index in [4.69, 9.17) is 54.0 Å². The molecule has 0 aliphatic carbocycles. The van der Waals surface area contributed by atoms with Crippen LogP contribution in [0.15, 0.2) is 0 Å². The van der Waals surface area contributed by atoms with Gasteiger partial charge in [-0.1, -0.05) is 0 Å². The topological polar surface area (TPSA) is 350 Å². The molecule has 0 spiro atoms. The Bertz CT molecular complexity index is 1180. The summed E-state index contributed by atoms with van der Waals surface area (Å²) >= 11 is 0. The normalized spacial score (nSPS) is 10.4. The summed E-state index contributed by atoms with van der Waals surface area (Å²) in [6.45, 7) is -3.95. The van der Waals surface area contributed by atoms with Gasteiger partial charge >= 0.3 is 30.5 Å². The van der Waals surface area contributed by atoms with Crippen molar-refractivity contribution in [3.05, 3.63) is 0 Å². The molecule has 326 valence electrons. The molecule has 0 saturated heterocycles. The van der Waals surface area contributed by atoms with Crippen LogP contribution < -0.4 is 41.3 Å². The van der Waals surface area contributed by atoms with E-state index in [0.717, 1.165) is 0 Å². The summed E-state index contributed by atoms with van der Waals surface area (Å²) in [6.07, 6.45) is -3.64. The van der Waals surface area contributed by atoms with Crippen LogP contribution in [0.2, 0.25) is 0 Å². The molecule has 27 heteroatoms. The van der Waals surface area contributed by atoms with Crippen molar-refractivity contribution in [2.75, 3.05) is 128 Å².